The van der Waals surface area contributed by atoms with Gasteiger partial charge in [0.05, 0.1) is 63.3 Å². The first-order chi connectivity index (χ1) is 29.8. The summed E-state index contributed by atoms with van der Waals surface area (Å²) < 4.78 is 101. The maximum absolute atomic E-state index is 13.6. The molecule has 0 bridgehead atoms. The molecule has 2 aliphatic rings. The van der Waals surface area contributed by atoms with Crippen LogP contribution in [0.3, 0.4) is 0 Å². The van der Waals surface area contributed by atoms with Crippen molar-refractivity contribution in [3.05, 3.63) is 143 Å². The summed E-state index contributed by atoms with van der Waals surface area (Å²) in [5.74, 6) is -2.74. The van der Waals surface area contributed by atoms with E-state index in [0.29, 0.717) is 11.8 Å². The number of fused-ring (bicyclic) bond motifs is 2. The molecule has 2 unspecified atom stereocenters. The van der Waals surface area contributed by atoms with E-state index in [1.54, 1.807) is 23.5 Å². The molecule has 0 spiro atoms. The van der Waals surface area contributed by atoms with E-state index in [9.17, 15) is 65.2 Å². The number of carbonyl (C=O) groups excluding carboxylic acids is 4. The fourth-order valence-corrected chi connectivity index (χ4v) is 6.56. The molecule has 63 heavy (non-hydrogen) atoms. The van der Waals surface area contributed by atoms with Crippen LogP contribution in [0.5, 0.6) is 0 Å². The van der Waals surface area contributed by atoms with Gasteiger partial charge in [0.2, 0.25) is 5.58 Å². The van der Waals surface area contributed by atoms with Crippen molar-refractivity contribution in [1.29, 1.82) is 0 Å². The number of halogens is 6. The van der Waals surface area contributed by atoms with E-state index in [2.05, 4.69) is 15.4 Å². The first kappa shape index (κ1) is 44.6. The molecule has 0 aliphatic carbocycles. The Hall–Kier alpha value is -7.98. The van der Waals surface area contributed by atoms with Crippen molar-refractivity contribution in [2.45, 2.75) is 38.3 Å². The Kier molecular flexibility index (Phi) is 12.4. The van der Waals surface area contributed by atoms with Gasteiger partial charge < -0.3 is 39.6 Å². The quantitative estimate of drug-likeness (QED) is 0.0556. The minimum atomic E-state index is -5.14. The Morgan fingerprint density at radius 1 is 0.683 bits per heavy atom. The number of ether oxygens (including phenoxy) is 2. The normalized spacial score (nSPS) is 16.6. The number of nitrogens with zero attached hydrogens (tertiary/aromatic N) is 1. The van der Waals surface area contributed by atoms with Crippen LogP contribution >= 0.6 is 0 Å². The molecule has 0 saturated carbocycles. The number of amides is 4. The average molecular weight is 886 g/mol. The fraction of sp³-hybridized carbons (Fsp3) is 0.200. The van der Waals surface area contributed by atoms with Crippen molar-refractivity contribution < 1.29 is 68.8 Å². The molecule has 0 fully saturated rings. The third-order valence-electron chi connectivity index (χ3n) is 9.23. The van der Waals surface area contributed by atoms with E-state index in [4.69, 9.17) is 13.6 Å². The molecule has 2 atom stereocenters. The summed E-state index contributed by atoms with van der Waals surface area (Å²) in [6, 6.07) is 11.3. The molecule has 4 N–H and O–H groups in total. The topological polar surface area (TPSA) is 238 Å². The number of allylic oxidation sites excluding steroid dienone is 2. The van der Waals surface area contributed by atoms with E-state index >= 15 is 0 Å². The SMILES string of the molecule is CCOC(=O)C1=C(C(F)(F)F)NC(=O)NC1c1coc2c([N+](=O)[O-])cccc2c1=O.CCOC(=O)C1=C(C(F)(F)F)NC(=O)NC1c1coc2ccc(-c3ccccc3)cc2c1=O. The summed E-state index contributed by atoms with van der Waals surface area (Å²) >= 11 is 0. The van der Waals surface area contributed by atoms with Crippen LogP contribution in [0.1, 0.15) is 37.1 Å². The second kappa shape index (κ2) is 17.6. The Balaban J connectivity index is 0.000000211. The average Bonchev–Trinajstić information content (AvgIpc) is 3.23. The van der Waals surface area contributed by atoms with E-state index in [1.807, 2.05) is 30.3 Å². The zero-order chi connectivity index (χ0) is 46.0. The highest BCUT2D eigenvalue weighted by molar-refractivity contribution is 5.97. The lowest BCUT2D eigenvalue weighted by atomic mass is 9.94. The van der Waals surface area contributed by atoms with Crippen LogP contribution in [-0.2, 0) is 19.1 Å². The molecule has 2 aromatic heterocycles. The molecule has 23 heteroatoms. The molecule has 17 nitrogen and oxygen atoms in total. The molecule has 3 aromatic carbocycles. The second-order valence-corrected chi connectivity index (χ2v) is 13.1. The van der Waals surface area contributed by atoms with Gasteiger partial charge in [0, 0.05) is 6.07 Å². The van der Waals surface area contributed by atoms with Crippen molar-refractivity contribution >= 4 is 51.6 Å². The number of alkyl halides is 6. The van der Waals surface area contributed by atoms with Crippen LogP contribution in [-0.4, -0.2) is 54.5 Å². The van der Waals surface area contributed by atoms with Gasteiger partial charge in [-0.3, -0.25) is 19.7 Å². The molecule has 0 radical (unpaired) electrons. The van der Waals surface area contributed by atoms with Gasteiger partial charge in [-0.2, -0.15) is 26.3 Å². The second-order valence-electron chi connectivity index (χ2n) is 13.1. The van der Waals surface area contributed by atoms with E-state index in [0.717, 1.165) is 17.9 Å². The first-order valence-electron chi connectivity index (χ1n) is 18.2. The van der Waals surface area contributed by atoms with Crippen molar-refractivity contribution in [3.63, 3.8) is 0 Å². The van der Waals surface area contributed by atoms with Crippen LogP contribution in [0.2, 0.25) is 0 Å². The lowest BCUT2D eigenvalue weighted by Crippen LogP contribution is -2.50. The number of para-hydroxylation sites is 1. The summed E-state index contributed by atoms with van der Waals surface area (Å²) in [4.78, 5) is 85.0. The Morgan fingerprint density at radius 3 is 1.68 bits per heavy atom. The maximum atomic E-state index is 13.6. The number of nitro benzene ring substituents is 1. The number of hydrogen-bond acceptors (Lipinski definition) is 12. The monoisotopic (exact) mass is 885 g/mol. The molecule has 2 aliphatic heterocycles. The number of esters is 2. The highest BCUT2D eigenvalue weighted by atomic mass is 19.4. The summed E-state index contributed by atoms with van der Waals surface area (Å²) in [5, 5.41) is 18.3. The van der Waals surface area contributed by atoms with Gasteiger partial charge in [0.15, 0.2) is 10.9 Å². The van der Waals surface area contributed by atoms with Gasteiger partial charge in [-0.15, -0.1) is 0 Å². The minimum absolute atomic E-state index is 0.0819. The van der Waals surface area contributed by atoms with Gasteiger partial charge in [0.25, 0.3) is 0 Å². The number of urea groups is 2. The van der Waals surface area contributed by atoms with Crippen molar-refractivity contribution in [1.82, 2.24) is 21.3 Å². The molecular formula is C40H29F6N5O12. The molecule has 0 saturated heterocycles. The van der Waals surface area contributed by atoms with Gasteiger partial charge in [-0.25, -0.2) is 19.2 Å². The van der Waals surface area contributed by atoms with Gasteiger partial charge in [-0.05, 0) is 43.2 Å². The molecule has 4 amide bonds. The zero-order valence-electron chi connectivity index (χ0n) is 32.2. The number of carbonyl (C=O) groups is 4. The highest BCUT2D eigenvalue weighted by Gasteiger charge is 2.48. The van der Waals surface area contributed by atoms with Crippen LogP contribution in [0.15, 0.2) is 120 Å². The number of nitrogens with one attached hydrogen (secondary N) is 4. The van der Waals surface area contributed by atoms with Gasteiger partial charge in [0.1, 0.15) is 29.5 Å². The largest absolute Gasteiger partial charge is 0.464 e. The predicted octanol–water partition coefficient (Wildman–Crippen LogP) is 6.63. The summed E-state index contributed by atoms with van der Waals surface area (Å²) in [5.41, 5.74) is -7.06. The number of hydrogen-bond donors (Lipinski definition) is 4. The van der Waals surface area contributed by atoms with Crippen LogP contribution < -0.4 is 32.1 Å². The first-order valence-corrected chi connectivity index (χ1v) is 18.2. The predicted molar refractivity (Wildman–Crippen MR) is 205 cm³/mol. The number of nitro groups is 1. The van der Waals surface area contributed by atoms with E-state index in [1.165, 1.54) is 31.3 Å². The smallest absolute Gasteiger partial charge is 0.432 e. The van der Waals surface area contributed by atoms with Gasteiger partial charge in [-0.1, -0.05) is 42.5 Å². The third-order valence-corrected chi connectivity index (χ3v) is 9.23. The molecular weight excluding hydrogens is 856 g/mol. The third kappa shape index (κ3) is 9.06. The van der Waals surface area contributed by atoms with Crippen LogP contribution in [0, 0.1) is 10.1 Å². The standard InChI is InChI=1S/C23H17F3N2O5.C17H12F3N3O7/c1-2-32-21(30)17-18(27-22(31)28-20(17)23(24,25)26)15-11-33-16-9-8-13(10-14(16)19(15)29)12-6-4-3-5-7-12;1-2-29-15(25)10-11(21-16(26)22-14(10)17(18,19)20)8-6-30-13-7(12(8)24)4-3-5-9(13)23(27)28/h3-11,18H,2H2,1H3,(H2,27,28,31);3-6,11H,2H2,1H3,(H2,21,22,26). The summed E-state index contributed by atoms with van der Waals surface area (Å²) in [6.07, 6.45) is -8.61. The lowest BCUT2D eigenvalue weighted by molar-refractivity contribution is -0.383. The zero-order valence-corrected chi connectivity index (χ0v) is 32.2. The minimum Gasteiger partial charge on any atom is -0.464 e. The maximum Gasteiger partial charge on any atom is 0.432 e. The summed E-state index contributed by atoms with van der Waals surface area (Å²) in [7, 11) is 0. The Labute approximate surface area is 347 Å². The van der Waals surface area contributed by atoms with Crippen molar-refractivity contribution in [2.24, 2.45) is 0 Å². The van der Waals surface area contributed by atoms with Gasteiger partial charge >= 0.3 is 42.0 Å². The Bertz CT molecular complexity index is 2870. The van der Waals surface area contributed by atoms with Crippen LogP contribution in [0.25, 0.3) is 33.1 Å². The highest BCUT2D eigenvalue weighted by Crippen LogP contribution is 2.37. The molecule has 7 rings (SSSR count). The number of rotatable bonds is 8. The molecule has 5 aromatic rings. The van der Waals surface area contributed by atoms with E-state index in [-0.39, 0.29) is 35.1 Å². The molecule has 328 valence electrons. The number of benzene rings is 3. The summed E-state index contributed by atoms with van der Waals surface area (Å²) in [6.45, 7) is 2.30. The van der Waals surface area contributed by atoms with Crippen molar-refractivity contribution in [3.8, 4) is 11.1 Å². The molecule has 4 heterocycles. The van der Waals surface area contributed by atoms with E-state index < -0.39 is 104 Å². The number of non-ortho nitro benzene ring substituents is 1. The van der Waals surface area contributed by atoms with Crippen LogP contribution in [0.4, 0.5) is 41.6 Å². The Morgan fingerprint density at radius 2 is 1.19 bits per heavy atom. The van der Waals surface area contributed by atoms with Crippen molar-refractivity contribution in [2.75, 3.05) is 13.2 Å². The lowest BCUT2D eigenvalue weighted by Gasteiger charge is -2.29. The fourth-order valence-electron chi connectivity index (χ4n) is 6.56.